The van der Waals surface area contributed by atoms with Crippen molar-refractivity contribution in [2.75, 3.05) is 0 Å². The van der Waals surface area contributed by atoms with Crippen LogP contribution in [0.3, 0.4) is 0 Å². The number of halogens is 1. The van der Waals surface area contributed by atoms with Crippen LogP contribution in [0.1, 0.15) is 21.5 Å². The van der Waals surface area contributed by atoms with Crippen molar-refractivity contribution >= 4 is 6.29 Å². The van der Waals surface area contributed by atoms with Crippen LogP contribution in [-0.2, 0) is 6.61 Å². The minimum Gasteiger partial charge on any atom is -0.489 e. The Morgan fingerprint density at radius 3 is 2.58 bits per heavy atom. The van der Waals surface area contributed by atoms with Crippen molar-refractivity contribution in [2.24, 2.45) is 0 Å². The lowest BCUT2D eigenvalue weighted by Crippen LogP contribution is -1.97. The molecule has 0 fully saturated rings. The molecule has 2 aromatic carbocycles. The van der Waals surface area contributed by atoms with Gasteiger partial charge in [0.25, 0.3) is 0 Å². The van der Waals surface area contributed by atoms with Gasteiger partial charge in [-0.3, -0.25) is 4.79 Å². The average molecular weight is 255 g/mol. The van der Waals surface area contributed by atoms with Crippen LogP contribution in [0, 0.1) is 17.1 Å². The first-order valence-electron chi connectivity index (χ1n) is 5.59. The van der Waals surface area contributed by atoms with Gasteiger partial charge in [0.15, 0.2) is 0 Å². The van der Waals surface area contributed by atoms with Crippen molar-refractivity contribution in [1.29, 1.82) is 5.26 Å². The van der Waals surface area contributed by atoms with Gasteiger partial charge in [0.05, 0.1) is 11.6 Å². The largest absolute Gasteiger partial charge is 0.489 e. The van der Waals surface area contributed by atoms with Crippen LogP contribution in [0.15, 0.2) is 42.5 Å². The van der Waals surface area contributed by atoms with Crippen molar-refractivity contribution in [3.05, 3.63) is 65.0 Å². The number of ether oxygens (including phenoxy) is 1. The number of aldehydes is 1. The first-order chi connectivity index (χ1) is 9.21. The normalized spacial score (nSPS) is 9.68. The highest BCUT2D eigenvalue weighted by Gasteiger charge is 2.02. The van der Waals surface area contributed by atoms with Crippen molar-refractivity contribution < 1.29 is 13.9 Å². The molecule has 94 valence electrons. The maximum Gasteiger partial charge on any atom is 0.150 e. The second-order valence-electron chi connectivity index (χ2n) is 3.94. The Balaban J connectivity index is 2.13. The van der Waals surface area contributed by atoms with Crippen LogP contribution < -0.4 is 4.74 Å². The van der Waals surface area contributed by atoms with Crippen LogP contribution in [-0.4, -0.2) is 6.29 Å². The van der Waals surface area contributed by atoms with Gasteiger partial charge in [0.1, 0.15) is 24.5 Å². The predicted molar refractivity (Wildman–Crippen MR) is 67.3 cm³/mol. The molecule has 0 saturated carbocycles. The van der Waals surface area contributed by atoms with Crippen LogP contribution in [0.4, 0.5) is 4.39 Å². The molecule has 4 heteroatoms. The number of carbonyl (C=O) groups is 1. The van der Waals surface area contributed by atoms with Gasteiger partial charge in [-0.15, -0.1) is 0 Å². The van der Waals surface area contributed by atoms with Gasteiger partial charge < -0.3 is 4.74 Å². The Morgan fingerprint density at radius 2 is 1.95 bits per heavy atom. The fourth-order valence-corrected chi connectivity index (χ4v) is 1.63. The molecule has 0 spiro atoms. The Morgan fingerprint density at radius 1 is 1.21 bits per heavy atom. The van der Waals surface area contributed by atoms with Gasteiger partial charge in [-0.2, -0.15) is 5.26 Å². The minimum atomic E-state index is -0.331. The maximum absolute atomic E-state index is 12.7. The summed E-state index contributed by atoms with van der Waals surface area (Å²) in [5, 5.41) is 8.85. The number of carbonyl (C=O) groups excluding carboxylic acids is 1. The first-order valence-corrected chi connectivity index (χ1v) is 5.59. The van der Waals surface area contributed by atoms with Gasteiger partial charge in [-0.25, -0.2) is 4.39 Å². The van der Waals surface area contributed by atoms with Gasteiger partial charge in [-0.1, -0.05) is 0 Å². The lowest BCUT2D eigenvalue weighted by Gasteiger charge is -2.07. The van der Waals surface area contributed by atoms with E-state index in [1.165, 1.54) is 30.3 Å². The van der Waals surface area contributed by atoms with E-state index in [2.05, 4.69) is 0 Å². The molecule has 19 heavy (non-hydrogen) atoms. The smallest absolute Gasteiger partial charge is 0.150 e. The number of benzene rings is 2. The summed E-state index contributed by atoms with van der Waals surface area (Å²) >= 11 is 0. The molecule has 0 aliphatic rings. The number of nitrogens with zero attached hydrogens (tertiary/aromatic N) is 1. The van der Waals surface area contributed by atoms with Gasteiger partial charge in [0, 0.05) is 5.56 Å². The molecule has 0 amide bonds. The summed E-state index contributed by atoms with van der Waals surface area (Å²) in [7, 11) is 0. The van der Waals surface area contributed by atoms with Crippen LogP contribution in [0.5, 0.6) is 5.75 Å². The molecule has 0 unspecified atom stereocenters. The van der Waals surface area contributed by atoms with E-state index in [0.29, 0.717) is 28.7 Å². The lowest BCUT2D eigenvalue weighted by molar-refractivity contribution is 0.112. The summed E-state index contributed by atoms with van der Waals surface area (Å²) in [6.07, 6.45) is 0.683. The van der Waals surface area contributed by atoms with E-state index in [1.54, 1.807) is 12.1 Å². The second-order valence-corrected chi connectivity index (χ2v) is 3.94. The summed E-state index contributed by atoms with van der Waals surface area (Å²) in [4.78, 5) is 10.7. The Hall–Kier alpha value is -2.67. The molecule has 0 radical (unpaired) electrons. The number of hydrogen-bond acceptors (Lipinski definition) is 3. The van der Waals surface area contributed by atoms with Crippen LogP contribution in [0.2, 0.25) is 0 Å². The molecule has 2 aromatic rings. The molecule has 0 heterocycles. The molecule has 3 nitrogen and oxygen atoms in total. The second kappa shape index (κ2) is 5.78. The topological polar surface area (TPSA) is 50.1 Å². The summed E-state index contributed by atoms with van der Waals surface area (Å²) in [5.41, 5.74) is 1.55. The number of nitriles is 1. The van der Waals surface area contributed by atoms with E-state index in [-0.39, 0.29) is 12.4 Å². The van der Waals surface area contributed by atoms with Crippen LogP contribution >= 0.6 is 0 Å². The average Bonchev–Trinajstić information content (AvgIpc) is 2.46. The van der Waals surface area contributed by atoms with E-state index in [9.17, 15) is 9.18 Å². The van der Waals surface area contributed by atoms with Crippen molar-refractivity contribution in [1.82, 2.24) is 0 Å². The zero-order chi connectivity index (χ0) is 13.7. The Kier molecular flexibility index (Phi) is 3.89. The molecule has 2 rings (SSSR count). The molecular formula is C15H10FNO2. The predicted octanol–water partition coefficient (Wildman–Crippen LogP) is 3.09. The van der Waals surface area contributed by atoms with E-state index in [0.717, 1.165) is 0 Å². The van der Waals surface area contributed by atoms with Gasteiger partial charge in [0.2, 0.25) is 0 Å². The van der Waals surface area contributed by atoms with E-state index in [4.69, 9.17) is 10.00 Å². The highest BCUT2D eigenvalue weighted by molar-refractivity contribution is 5.76. The Labute approximate surface area is 109 Å². The van der Waals surface area contributed by atoms with E-state index < -0.39 is 0 Å². The SMILES string of the molecule is N#Cc1cc(C=O)cc(COc2ccc(F)cc2)c1. The molecule has 0 aliphatic heterocycles. The molecule has 0 bridgehead atoms. The van der Waals surface area contributed by atoms with E-state index in [1.807, 2.05) is 6.07 Å². The highest BCUT2D eigenvalue weighted by atomic mass is 19.1. The van der Waals surface area contributed by atoms with E-state index >= 15 is 0 Å². The highest BCUT2D eigenvalue weighted by Crippen LogP contribution is 2.15. The quantitative estimate of drug-likeness (QED) is 0.789. The molecule has 0 N–H and O–H groups in total. The number of hydrogen-bond donors (Lipinski definition) is 0. The maximum atomic E-state index is 12.7. The first kappa shape index (κ1) is 12.8. The summed E-state index contributed by atoms with van der Waals surface area (Å²) in [6.45, 7) is 0.210. The minimum absolute atomic E-state index is 0.210. The Bertz CT molecular complexity index is 630. The zero-order valence-electron chi connectivity index (χ0n) is 9.97. The van der Waals surface area contributed by atoms with Crippen LogP contribution in [0.25, 0.3) is 0 Å². The molecule has 0 aliphatic carbocycles. The summed E-state index contributed by atoms with van der Waals surface area (Å²) < 4.78 is 18.2. The zero-order valence-corrected chi connectivity index (χ0v) is 9.97. The van der Waals surface area contributed by atoms with Crippen molar-refractivity contribution in [3.63, 3.8) is 0 Å². The third kappa shape index (κ3) is 3.39. The molecule has 0 aromatic heterocycles. The third-order valence-electron chi connectivity index (χ3n) is 2.50. The van der Waals surface area contributed by atoms with Crippen molar-refractivity contribution in [2.45, 2.75) is 6.61 Å². The molecule has 0 saturated heterocycles. The number of rotatable bonds is 4. The summed E-state index contributed by atoms with van der Waals surface area (Å²) in [6, 6.07) is 12.4. The summed E-state index contributed by atoms with van der Waals surface area (Å²) in [5.74, 6) is 0.193. The molecule has 0 atom stereocenters. The van der Waals surface area contributed by atoms with Crippen molar-refractivity contribution in [3.8, 4) is 11.8 Å². The lowest BCUT2D eigenvalue weighted by atomic mass is 10.1. The fourth-order valence-electron chi connectivity index (χ4n) is 1.63. The third-order valence-corrected chi connectivity index (χ3v) is 2.50. The molecular weight excluding hydrogens is 245 g/mol. The fraction of sp³-hybridized carbons (Fsp3) is 0.0667. The standard InChI is InChI=1S/C15H10FNO2/c16-14-1-3-15(4-2-14)19-10-13-6-11(8-17)5-12(7-13)9-18/h1-7,9H,10H2. The van der Waals surface area contributed by atoms with Gasteiger partial charge >= 0.3 is 0 Å². The monoisotopic (exact) mass is 255 g/mol. The van der Waals surface area contributed by atoms with Gasteiger partial charge in [-0.05, 0) is 48.0 Å².